The molecule has 0 bridgehead atoms. The maximum Gasteiger partial charge on any atom is 0.0560 e. The Morgan fingerprint density at radius 2 is 1.50 bits per heavy atom. The summed E-state index contributed by atoms with van der Waals surface area (Å²) < 4.78 is 2.97. The van der Waals surface area contributed by atoms with Gasteiger partial charge in [-0.2, -0.15) is 0 Å². The van der Waals surface area contributed by atoms with Crippen LogP contribution in [-0.2, 0) is 0 Å². The summed E-state index contributed by atoms with van der Waals surface area (Å²) in [4.78, 5) is 0. The zero-order chi connectivity index (χ0) is 14.0. The summed E-state index contributed by atoms with van der Waals surface area (Å²) in [5, 5.41) is 7.18. The highest BCUT2D eigenvalue weighted by Gasteiger charge is 2.18. The minimum absolute atomic E-state index is 0.773. The van der Waals surface area contributed by atoms with Gasteiger partial charge >= 0.3 is 0 Å². The van der Waals surface area contributed by atoms with Crippen LogP contribution in [0.2, 0.25) is 0 Å². The number of nitrogens with two attached hydrogens (primary N) is 1. The second-order valence-corrected chi connectivity index (χ2v) is 7.28. The Morgan fingerprint density at radius 1 is 0.750 bits per heavy atom. The number of hydrogen-bond donors (Lipinski definition) is 1. The first kappa shape index (κ1) is 12.9. The largest absolute Gasteiger partial charge is 0.397 e. The average Bonchev–Trinajstić information content (AvgIpc) is 2.44. The molecule has 4 aromatic rings. The number of hydrogen-bond acceptors (Lipinski definition) is 1. The van der Waals surface area contributed by atoms with Gasteiger partial charge < -0.3 is 5.73 Å². The van der Waals surface area contributed by atoms with Crippen molar-refractivity contribution in [3.8, 4) is 0 Å². The van der Waals surface area contributed by atoms with Crippen molar-refractivity contribution in [2.75, 3.05) is 5.73 Å². The molecule has 0 amide bonds. The number of nitrogen functional groups attached to an aromatic ring is 1. The summed E-state index contributed by atoms with van der Waals surface area (Å²) in [5.74, 6) is 0. The van der Waals surface area contributed by atoms with Gasteiger partial charge in [0.15, 0.2) is 0 Å². The first-order valence-corrected chi connectivity index (χ1v) is 8.47. The molecule has 0 saturated carbocycles. The predicted octanol–water partition coefficient (Wildman–Crippen LogP) is 6.45. The lowest BCUT2D eigenvalue weighted by Crippen LogP contribution is -1.94. The molecule has 0 saturated heterocycles. The number of halogens is 3. The monoisotopic (exact) mass is 451 g/mol. The van der Waals surface area contributed by atoms with E-state index < -0.39 is 0 Å². The molecule has 4 aromatic carbocycles. The second kappa shape index (κ2) is 4.33. The van der Waals surface area contributed by atoms with Crippen molar-refractivity contribution in [2.45, 2.75) is 0 Å². The van der Waals surface area contributed by atoms with Gasteiger partial charge in [0.1, 0.15) is 0 Å². The van der Waals surface area contributed by atoms with Crippen molar-refractivity contribution in [1.82, 2.24) is 0 Å². The highest BCUT2D eigenvalue weighted by molar-refractivity contribution is 9.13. The third kappa shape index (κ3) is 1.53. The SMILES string of the molecule is Nc1c(Br)c(Br)c2c(Br)cc3cccc4ccc1c2c43. The first-order valence-electron chi connectivity index (χ1n) is 6.09. The molecular formula is C16H8Br3N. The third-order valence-corrected chi connectivity index (χ3v) is 6.56. The predicted molar refractivity (Wildman–Crippen MR) is 97.7 cm³/mol. The van der Waals surface area contributed by atoms with Crippen LogP contribution in [0.5, 0.6) is 0 Å². The summed E-state index contributed by atoms with van der Waals surface area (Å²) in [6.07, 6.45) is 0. The van der Waals surface area contributed by atoms with Crippen molar-refractivity contribution >= 4 is 85.8 Å². The zero-order valence-electron chi connectivity index (χ0n) is 10.2. The molecule has 0 radical (unpaired) electrons. The topological polar surface area (TPSA) is 26.0 Å². The van der Waals surface area contributed by atoms with Gasteiger partial charge in [-0.15, -0.1) is 0 Å². The third-order valence-electron chi connectivity index (χ3n) is 3.79. The fraction of sp³-hybridized carbons (Fsp3) is 0. The fourth-order valence-electron chi connectivity index (χ4n) is 2.90. The van der Waals surface area contributed by atoms with E-state index in [4.69, 9.17) is 5.73 Å². The van der Waals surface area contributed by atoms with E-state index in [1.165, 1.54) is 21.5 Å². The van der Waals surface area contributed by atoms with Gasteiger partial charge in [-0.05, 0) is 54.1 Å². The van der Waals surface area contributed by atoms with Crippen LogP contribution >= 0.6 is 47.8 Å². The van der Waals surface area contributed by atoms with Crippen LogP contribution in [0.3, 0.4) is 0 Å². The van der Waals surface area contributed by atoms with E-state index in [1.54, 1.807) is 0 Å². The first-order chi connectivity index (χ1) is 9.59. The number of rotatable bonds is 0. The van der Waals surface area contributed by atoms with Crippen molar-refractivity contribution in [3.05, 3.63) is 49.8 Å². The van der Waals surface area contributed by atoms with E-state index in [0.29, 0.717) is 0 Å². The average molecular weight is 454 g/mol. The molecular weight excluding hydrogens is 446 g/mol. The van der Waals surface area contributed by atoms with Gasteiger partial charge in [-0.25, -0.2) is 0 Å². The van der Waals surface area contributed by atoms with Gasteiger partial charge in [-0.3, -0.25) is 0 Å². The van der Waals surface area contributed by atoms with Gasteiger partial charge in [0.25, 0.3) is 0 Å². The lowest BCUT2D eigenvalue weighted by molar-refractivity contribution is 1.65. The minimum atomic E-state index is 0.773. The van der Waals surface area contributed by atoms with E-state index in [-0.39, 0.29) is 0 Å². The highest BCUT2D eigenvalue weighted by Crippen LogP contribution is 2.47. The Bertz CT molecular complexity index is 992. The molecule has 0 aliphatic heterocycles. The molecule has 20 heavy (non-hydrogen) atoms. The van der Waals surface area contributed by atoms with E-state index >= 15 is 0 Å². The summed E-state index contributed by atoms with van der Waals surface area (Å²) in [6.45, 7) is 0. The van der Waals surface area contributed by atoms with Crippen LogP contribution in [0.15, 0.2) is 49.8 Å². The number of anilines is 1. The maximum absolute atomic E-state index is 6.29. The standard InChI is InChI=1S/C16H8Br3N/c17-10-6-8-3-1-2-7-4-5-9-12(11(7)8)13(10)14(18)15(19)16(9)20/h1-6H,20H2. The van der Waals surface area contributed by atoms with E-state index in [1.807, 2.05) is 0 Å². The molecule has 2 N–H and O–H groups in total. The molecule has 0 aliphatic rings. The smallest absolute Gasteiger partial charge is 0.0560 e. The molecule has 0 unspecified atom stereocenters. The van der Waals surface area contributed by atoms with Crippen LogP contribution in [0.25, 0.3) is 32.3 Å². The normalized spacial score (nSPS) is 11.9. The molecule has 4 rings (SSSR count). The summed E-state index contributed by atoms with van der Waals surface area (Å²) in [5.41, 5.74) is 7.06. The van der Waals surface area contributed by atoms with Crippen LogP contribution in [0.1, 0.15) is 0 Å². The Morgan fingerprint density at radius 3 is 2.30 bits per heavy atom. The van der Waals surface area contributed by atoms with Gasteiger partial charge in [0, 0.05) is 25.1 Å². The summed E-state index contributed by atoms with van der Waals surface area (Å²) in [6, 6.07) is 12.8. The van der Waals surface area contributed by atoms with Gasteiger partial charge in [0.05, 0.1) is 10.2 Å². The fourth-order valence-corrected chi connectivity index (χ4v) is 4.85. The van der Waals surface area contributed by atoms with E-state index in [0.717, 1.165) is 29.9 Å². The molecule has 0 spiro atoms. The van der Waals surface area contributed by atoms with Crippen molar-refractivity contribution < 1.29 is 0 Å². The van der Waals surface area contributed by atoms with Crippen LogP contribution < -0.4 is 5.73 Å². The zero-order valence-corrected chi connectivity index (χ0v) is 14.9. The Balaban J connectivity index is 2.50. The maximum atomic E-state index is 6.29. The molecule has 98 valence electrons. The van der Waals surface area contributed by atoms with Crippen molar-refractivity contribution in [3.63, 3.8) is 0 Å². The van der Waals surface area contributed by atoms with E-state index in [9.17, 15) is 0 Å². The van der Waals surface area contributed by atoms with Gasteiger partial charge in [0.2, 0.25) is 0 Å². The minimum Gasteiger partial charge on any atom is -0.397 e. The van der Waals surface area contributed by atoms with Crippen molar-refractivity contribution in [2.24, 2.45) is 0 Å². The Labute approximate surface area is 140 Å². The second-order valence-electron chi connectivity index (χ2n) is 4.84. The molecule has 0 aliphatic carbocycles. The highest BCUT2D eigenvalue weighted by atomic mass is 79.9. The summed E-state index contributed by atoms with van der Waals surface area (Å²) >= 11 is 10.9. The van der Waals surface area contributed by atoms with Crippen LogP contribution in [0.4, 0.5) is 5.69 Å². The Kier molecular flexibility index (Phi) is 2.78. The molecule has 0 aromatic heterocycles. The lowest BCUT2D eigenvalue weighted by Gasteiger charge is -2.16. The molecule has 0 atom stereocenters. The van der Waals surface area contributed by atoms with Crippen LogP contribution in [0, 0.1) is 0 Å². The summed E-state index contributed by atoms with van der Waals surface area (Å²) in [7, 11) is 0. The van der Waals surface area contributed by atoms with Crippen LogP contribution in [-0.4, -0.2) is 0 Å². The van der Waals surface area contributed by atoms with Crippen molar-refractivity contribution in [1.29, 1.82) is 0 Å². The molecule has 4 heteroatoms. The molecule has 0 fully saturated rings. The molecule has 0 heterocycles. The van der Waals surface area contributed by atoms with Gasteiger partial charge in [-0.1, -0.05) is 46.3 Å². The number of benzene rings is 4. The Hall–Kier alpha value is -0.840. The molecule has 1 nitrogen and oxygen atoms in total. The quantitative estimate of drug-likeness (QED) is 0.240. The lowest BCUT2D eigenvalue weighted by atomic mass is 9.93. The van der Waals surface area contributed by atoms with E-state index in [2.05, 4.69) is 84.2 Å².